The summed E-state index contributed by atoms with van der Waals surface area (Å²) >= 11 is 7.69. The molecule has 1 N–H and O–H groups in total. The predicted molar refractivity (Wildman–Crippen MR) is 127 cm³/mol. The standard InChI is InChI=1S/C25H25ClN2OS/c1-16(2)13-18-5-3-17(4-6-18)7-12-21-14-22-24(19-8-10-20(26)11-9-19)27-15-23(29)28-25(22)30-21/h3-6,8-11,14,16H,7,12-13,15H2,1-2H3,(H,28,29). The van der Waals surface area contributed by atoms with E-state index >= 15 is 0 Å². The van der Waals surface area contributed by atoms with Gasteiger partial charge in [-0.05, 0) is 54.5 Å². The van der Waals surface area contributed by atoms with Crippen LogP contribution in [0.2, 0.25) is 5.02 Å². The van der Waals surface area contributed by atoms with E-state index < -0.39 is 0 Å². The molecule has 1 aromatic heterocycles. The highest BCUT2D eigenvalue weighted by Crippen LogP contribution is 2.33. The number of carbonyl (C=O) groups is 1. The Bertz CT molecular complexity index is 1070. The van der Waals surface area contributed by atoms with E-state index in [1.54, 1.807) is 11.3 Å². The highest BCUT2D eigenvalue weighted by atomic mass is 35.5. The number of nitrogens with zero attached hydrogens (tertiary/aromatic N) is 1. The molecule has 0 radical (unpaired) electrons. The maximum Gasteiger partial charge on any atom is 0.246 e. The number of fused-ring (bicyclic) bond motifs is 1. The number of hydrogen-bond donors (Lipinski definition) is 1. The highest BCUT2D eigenvalue weighted by Gasteiger charge is 2.21. The minimum absolute atomic E-state index is 0.0747. The maximum atomic E-state index is 12.1. The Kier molecular flexibility index (Phi) is 6.35. The molecule has 1 aliphatic rings. The molecule has 5 heteroatoms. The number of rotatable bonds is 6. The molecule has 0 aliphatic carbocycles. The SMILES string of the molecule is CC(C)Cc1ccc(CCc2cc3c(s2)NC(=O)CN=C3c2ccc(Cl)cc2)cc1. The van der Waals surface area contributed by atoms with Crippen LogP contribution in [0.1, 0.15) is 41.0 Å². The molecule has 0 saturated heterocycles. The molecule has 0 fully saturated rings. The first-order valence-electron chi connectivity index (χ1n) is 10.3. The summed E-state index contributed by atoms with van der Waals surface area (Å²) in [7, 11) is 0. The van der Waals surface area contributed by atoms with E-state index in [0.29, 0.717) is 10.9 Å². The van der Waals surface area contributed by atoms with Crippen molar-refractivity contribution in [3.05, 3.63) is 86.8 Å². The van der Waals surface area contributed by atoms with Gasteiger partial charge in [0.15, 0.2) is 0 Å². The molecule has 0 saturated carbocycles. The van der Waals surface area contributed by atoms with Crippen LogP contribution >= 0.6 is 22.9 Å². The first kappa shape index (κ1) is 20.8. The Hall–Kier alpha value is -2.43. The molecule has 0 atom stereocenters. The number of hydrogen-bond acceptors (Lipinski definition) is 3. The number of anilines is 1. The van der Waals surface area contributed by atoms with Gasteiger partial charge >= 0.3 is 0 Å². The van der Waals surface area contributed by atoms with Crippen LogP contribution < -0.4 is 5.32 Å². The monoisotopic (exact) mass is 436 g/mol. The van der Waals surface area contributed by atoms with E-state index in [-0.39, 0.29) is 12.5 Å². The predicted octanol–water partition coefficient (Wildman–Crippen LogP) is 6.17. The summed E-state index contributed by atoms with van der Waals surface area (Å²) in [6.07, 6.45) is 3.03. The maximum absolute atomic E-state index is 12.1. The van der Waals surface area contributed by atoms with Crippen molar-refractivity contribution in [1.29, 1.82) is 0 Å². The minimum atomic E-state index is -0.0747. The first-order chi connectivity index (χ1) is 14.5. The van der Waals surface area contributed by atoms with Gasteiger partial charge in [-0.25, -0.2) is 0 Å². The second-order valence-corrected chi connectivity index (χ2v) is 9.66. The number of benzene rings is 2. The van der Waals surface area contributed by atoms with Crippen molar-refractivity contribution in [2.75, 3.05) is 11.9 Å². The lowest BCUT2D eigenvalue weighted by Gasteiger charge is -2.06. The van der Waals surface area contributed by atoms with E-state index in [1.165, 1.54) is 16.0 Å². The van der Waals surface area contributed by atoms with E-state index in [0.717, 1.165) is 41.1 Å². The van der Waals surface area contributed by atoms with E-state index in [4.69, 9.17) is 11.6 Å². The summed E-state index contributed by atoms with van der Waals surface area (Å²) in [5, 5.41) is 4.59. The lowest BCUT2D eigenvalue weighted by Crippen LogP contribution is -2.12. The van der Waals surface area contributed by atoms with Crippen molar-refractivity contribution in [2.24, 2.45) is 10.9 Å². The van der Waals surface area contributed by atoms with Crippen LogP contribution in [-0.4, -0.2) is 18.2 Å². The summed E-state index contributed by atoms with van der Waals surface area (Å²) < 4.78 is 0. The zero-order chi connectivity index (χ0) is 21.1. The Morgan fingerprint density at radius 2 is 1.73 bits per heavy atom. The highest BCUT2D eigenvalue weighted by molar-refractivity contribution is 7.16. The van der Waals surface area contributed by atoms with E-state index in [2.05, 4.69) is 54.5 Å². The topological polar surface area (TPSA) is 41.5 Å². The molecule has 30 heavy (non-hydrogen) atoms. The second kappa shape index (κ2) is 9.15. The van der Waals surface area contributed by atoms with Gasteiger partial charge in [-0.3, -0.25) is 9.79 Å². The fourth-order valence-electron chi connectivity index (χ4n) is 3.67. The molecule has 2 aromatic carbocycles. The summed E-state index contributed by atoms with van der Waals surface area (Å²) in [5.41, 5.74) is 5.54. The zero-order valence-corrected chi connectivity index (χ0v) is 18.8. The first-order valence-corrected chi connectivity index (χ1v) is 11.5. The molecule has 0 bridgehead atoms. The molecular weight excluding hydrogens is 412 g/mol. The molecule has 0 unspecified atom stereocenters. The Balaban J connectivity index is 1.53. The van der Waals surface area contributed by atoms with Crippen molar-refractivity contribution in [1.82, 2.24) is 0 Å². The number of halogens is 1. The average molecular weight is 437 g/mol. The van der Waals surface area contributed by atoms with Gasteiger partial charge in [0.05, 0.1) is 5.71 Å². The van der Waals surface area contributed by atoms with Crippen molar-refractivity contribution in [3.8, 4) is 0 Å². The van der Waals surface area contributed by atoms with Gasteiger partial charge in [-0.2, -0.15) is 0 Å². The fraction of sp³-hybridized carbons (Fsp3) is 0.280. The fourth-order valence-corrected chi connectivity index (χ4v) is 4.87. The summed E-state index contributed by atoms with van der Waals surface area (Å²) in [6.45, 7) is 4.63. The Morgan fingerprint density at radius 3 is 2.43 bits per heavy atom. The third-order valence-corrected chi connectivity index (χ3v) is 6.48. The lowest BCUT2D eigenvalue weighted by atomic mass is 10.00. The van der Waals surface area contributed by atoms with Gasteiger partial charge in [0.25, 0.3) is 0 Å². The average Bonchev–Trinajstić information content (AvgIpc) is 3.04. The van der Waals surface area contributed by atoms with Crippen molar-refractivity contribution in [2.45, 2.75) is 33.1 Å². The summed E-state index contributed by atoms with van der Waals surface area (Å²) in [6, 6.07) is 18.7. The van der Waals surface area contributed by atoms with Crippen LogP contribution in [0, 0.1) is 5.92 Å². The Labute approximate surface area is 186 Å². The van der Waals surface area contributed by atoms with Gasteiger partial charge < -0.3 is 5.32 Å². The van der Waals surface area contributed by atoms with Crippen LogP contribution in [-0.2, 0) is 24.1 Å². The van der Waals surface area contributed by atoms with Gasteiger partial charge in [0.1, 0.15) is 11.5 Å². The molecular formula is C25H25ClN2OS. The number of carbonyl (C=O) groups excluding carboxylic acids is 1. The molecule has 3 nitrogen and oxygen atoms in total. The largest absolute Gasteiger partial charge is 0.316 e. The van der Waals surface area contributed by atoms with Crippen molar-refractivity contribution >= 4 is 39.6 Å². The number of amides is 1. The zero-order valence-electron chi connectivity index (χ0n) is 17.2. The smallest absolute Gasteiger partial charge is 0.246 e. The molecule has 4 rings (SSSR count). The Morgan fingerprint density at radius 1 is 1.03 bits per heavy atom. The molecule has 1 amide bonds. The van der Waals surface area contributed by atoms with Crippen LogP contribution in [0.15, 0.2) is 59.6 Å². The normalized spacial score (nSPS) is 13.6. The third kappa shape index (κ3) is 5.00. The molecule has 3 aromatic rings. The van der Waals surface area contributed by atoms with Crippen LogP contribution in [0.25, 0.3) is 0 Å². The summed E-state index contributed by atoms with van der Waals surface area (Å²) in [5.74, 6) is 0.596. The number of aryl methyl sites for hydroxylation is 2. The van der Waals surface area contributed by atoms with Gasteiger partial charge in [-0.15, -0.1) is 11.3 Å². The van der Waals surface area contributed by atoms with Crippen molar-refractivity contribution < 1.29 is 4.79 Å². The van der Waals surface area contributed by atoms with Gasteiger partial charge in [-0.1, -0.05) is 61.8 Å². The third-order valence-electron chi connectivity index (χ3n) is 5.12. The quantitative estimate of drug-likeness (QED) is 0.492. The van der Waals surface area contributed by atoms with E-state index in [1.807, 2.05) is 24.3 Å². The molecule has 0 spiro atoms. The van der Waals surface area contributed by atoms with Crippen LogP contribution in [0.3, 0.4) is 0 Å². The number of nitrogens with one attached hydrogen (secondary N) is 1. The van der Waals surface area contributed by atoms with E-state index in [9.17, 15) is 4.79 Å². The second-order valence-electron chi connectivity index (χ2n) is 8.09. The molecule has 154 valence electrons. The number of aliphatic imine (C=N–C) groups is 1. The minimum Gasteiger partial charge on any atom is -0.316 e. The number of thiophene rings is 1. The lowest BCUT2D eigenvalue weighted by molar-refractivity contribution is -0.114. The van der Waals surface area contributed by atoms with Crippen LogP contribution in [0.5, 0.6) is 0 Å². The van der Waals surface area contributed by atoms with Gasteiger partial charge in [0.2, 0.25) is 5.91 Å². The summed E-state index contributed by atoms with van der Waals surface area (Å²) in [4.78, 5) is 18.0. The molecule has 1 aliphatic heterocycles. The van der Waals surface area contributed by atoms with Crippen LogP contribution in [0.4, 0.5) is 5.00 Å². The molecule has 2 heterocycles. The van der Waals surface area contributed by atoms with Crippen molar-refractivity contribution in [3.63, 3.8) is 0 Å². The van der Waals surface area contributed by atoms with Gasteiger partial charge in [0, 0.05) is 21.0 Å².